The lowest BCUT2D eigenvalue weighted by Crippen LogP contribution is -2.54. The monoisotopic (exact) mass is 264 g/mol. The van der Waals surface area contributed by atoms with E-state index in [1.807, 2.05) is 18.2 Å². The fraction of sp³-hybridized carbons (Fsp3) is 0.231. The number of hydrogen-bond acceptors (Lipinski definition) is 4. The summed E-state index contributed by atoms with van der Waals surface area (Å²) in [6.07, 6.45) is 1.73. The minimum absolute atomic E-state index is 0.468. The van der Waals surface area contributed by atoms with Crippen molar-refractivity contribution in [1.29, 1.82) is 0 Å². The summed E-state index contributed by atoms with van der Waals surface area (Å²) in [5.74, 6) is -0.935. The van der Waals surface area contributed by atoms with Crippen LogP contribution in [0.25, 0.3) is 0 Å². The molecule has 0 aliphatic rings. The van der Waals surface area contributed by atoms with Crippen LogP contribution in [0.15, 0.2) is 42.1 Å². The zero-order valence-electron chi connectivity index (χ0n) is 10.7. The minimum atomic E-state index is -3.18. The van der Waals surface area contributed by atoms with Crippen LogP contribution in [0.3, 0.4) is 0 Å². The molecule has 0 spiro atoms. The minimum Gasteiger partial charge on any atom is -0.479 e. The first-order chi connectivity index (χ1) is 8.50. The van der Waals surface area contributed by atoms with Crippen molar-refractivity contribution in [3.63, 3.8) is 0 Å². The van der Waals surface area contributed by atoms with Gasteiger partial charge in [-0.1, -0.05) is 36.4 Å². The Bertz CT molecular complexity index is 437. The van der Waals surface area contributed by atoms with E-state index in [0.29, 0.717) is 5.19 Å². The second-order valence-corrected chi connectivity index (χ2v) is 6.37. The Morgan fingerprint density at radius 3 is 1.94 bits per heavy atom. The van der Waals surface area contributed by atoms with Gasteiger partial charge in [0.15, 0.2) is 0 Å². The third-order valence-corrected chi connectivity index (χ3v) is 5.24. The fourth-order valence-electron chi connectivity index (χ4n) is 1.62. The topological polar surface area (TPSA) is 52.6 Å². The van der Waals surface area contributed by atoms with E-state index >= 15 is 0 Å². The Balaban J connectivity index is 3.27. The molecular formula is C13H16O4Si. The van der Waals surface area contributed by atoms with Crippen LogP contribution in [0.4, 0.5) is 0 Å². The first-order valence-electron chi connectivity index (χ1n) is 5.58. The van der Waals surface area contributed by atoms with E-state index in [2.05, 4.69) is 0 Å². The molecule has 0 aliphatic heterocycles. The molecule has 4 nitrogen and oxygen atoms in total. The largest absolute Gasteiger partial charge is 0.527 e. The predicted octanol–water partition coefficient (Wildman–Crippen LogP) is 1.58. The van der Waals surface area contributed by atoms with Crippen LogP contribution in [0.2, 0.25) is 0 Å². The second-order valence-electron chi connectivity index (χ2n) is 3.72. The van der Waals surface area contributed by atoms with Gasteiger partial charge in [-0.15, -0.1) is 0 Å². The Morgan fingerprint density at radius 1 is 1.06 bits per heavy atom. The standard InChI is InChI=1S/C13H16O4Si/c1-4-10-18(16-11(2)14,17-12(3)15)13-8-6-5-7-9-13/h4-10H,1-3H3. The average molecular weight is 264 g/mol. The van der Waals surface area contributed by atoms with Gasteiger partial charge in [-0.05, 0) is 12.6 Å². The predicted molar refractivity (Wildman–Crippen MR) is 70.2 cm³/mol. The van der Waals surface area contributed by atoms with E-state index in [1.165, 1.54) is 13.8 Å². The fourth-order valence-corrected chi connectivity index (χ4v) is 4.18. The molecule has 0 amide bonds. The molecule has 1 aromatic carbocycles. The quantitative estimate of drug-likeness (QED) is 0.775. The summed E-state index contributed by atoms with van der Waals surface area (Å²) >= 11 is 0. The Morgan fingerprint density at radius 2 is 1.56 bits per heavy atom. The molecule has 0 radical (unpaired) electrons. The van der Waals surface area contributed by atoms with Crippen LogP contribution >= 0.6 is 0 Å². The van der Waals surface area contributed by atoms with Gasteiger partial charge < -0.3 is 8.85 Å². The summed E-state index contributed by atoms with van der Waals surface area (Å²) in [6, 6.07) is 9.05. The molecule has 0 bridgehead atoms. The van der Waals surface area contributed by atoms with Crippen LogP contribution in [-0.2, 0) is 18.4 Å². The zero-order valence-corrected chi connectivity index (χ0v) is 11.7. The van der Waals surface area contributed by atoms with Crippen molar-refractivity contribution in [2.45, 2.75) is 20.8 Å². The van der Waals surface area contributed by atoms with Gasteiger partial charge in [-0.25, -0.2) is 0 Å². The molecule has 96 valence electrons. The maximum Gasteiger partial charge on any atom is 0.527 e. The Kier molecular flexibility index (Phi) is 4.85. The van der Waals surface area contributed by atoms with E-state index in [0.717, 1.165) is 0 Å². The summed E-state index contributed by atoms with van der Waals surface area (Å²) in [4.78, 5) is 22.6. The highest BCUT2D eigenvalue weighted by Gasteiger charge is 2.43. The SMILES string of the molecule is CC=C[Si](OC(C)=O)(OC(C)=O)c1ccccc1. The van der Waals surface area contributed by atoms with Crippen molar-refractivity contribution in [3.05, 3.63) is 42.1 Å². The first-order valence-corrected chi connectivity index (χ1v) is 7.48. The maximum atomic E-state index is 11.3. The van der Waals surface area contributed by atoms with Crippen LogP contribution < -0.4 is 5.19 Å². The smallest absolute Gasteiger partial charge is 0.479 e. The molecule has 0 saturated carbocycles. The van der Waals surface area contributed by atoms with Gasteiger partial charge >= 0.3 is 8.56 Å². The van der Waals surface area contributed by atoms with Crippen LogP contribution in [0.1, 0.15) is 20.8 Å². The molecule has 0 aromatic heterocycles. The third-order valence-electron chi connectivity index (χ3n) is 2.15. The second kappa shape index (κ2) is 6.16. The summed E-state index contributed by atoms with van der Waals surface area (Å²) in [5.41, 5.74) is 1.67. The molecule has 0 fully saturated rings. The normalized spacial score (nSPS) is 11.3. The highest BCUT2D eigenvalue weighted by atomic mass is 28.4. The molecule has 1 aromatic rings. The number of allylic oxidation sites excluding steroid dienone is 1. The number of carbonyl (C=O) groups excluding carboxylic acids is 2. The van der Waals surface area contributed by atoms with Gasteiger partial charge in [0.05, 0.1) is 0 Å². The number of carbonyl (C=O) groups is 2. The molecular weight excluding hydrogens is 248 g/mol. The molecule has 1 rings (SSSR count). The van der Waals surface area contributed by atoms with E-state index in [-0.39, 0.29) is 0 Å². The average Bonchev–Trinajstić information content (AvgIpc) is 2.28. The summed E-state index contributed by atoms with van der Waals surface area (Å²) in [5, 5.41) is 0.716. The van der Waals surface area contributed by atoms with E-state index in [1.54, 1.807) is 30.8 Å². The van der Waals surface area contributed by atoms with Gasteiger partial charge in [0.1, 0.15) is 0 Å². The van der Waals surface area contributed by atoms with Gasteiger partial charge in [0, 0.05) is 19.0 Å². The van der Waals surface area contributed by atoms with Crippen molar-refractivity contribution >= 4 is 25.7 Å². The maximum absolute atomic E-state index is 11.3. The van der Waals surface area contributed by atoms with Crippen molar-refractivity contribution in [1.82, 2.24) is 0 Å². The number of rotatable bonds is 4. The summed E-state index contributed by atoms with van der Waals surface area (Å²) in [7, 11) is -3.18. The molecule has 18 heavy (non-hydrogen) atoms. The number of hydrogen-bond donors (Lipinski definition) is 0. The van der Waals surface area contributed by atoms with Crippen molar-refractivity contribution in [2.75, 3.05) is 0 Å². The van der Waals surface area contributed by atoms with Crippen LogP contribution in [0.5, 0.6) is 0 Å². The van der Waals surface area contributed by atoms with Crippen molar-refractivity contribution in [2.24, 2.45) is 0 Å². The molecule has 5 heteroatoms. The molecule has 0 N–H and O–H groups in total. The molecule has 0 saturated heterocycles. The molecule has 0 unspecified atom stereocenters. The summed E-state index contributed by atoms with van der Waals surface area (Å²) < 4.78 is 10.7. The highest BCUT2D eigenvalue weighted by Crippen LogP contribution is 2.11. The van der Waals surface area contributed by atoms with E-state index in [4.69, 9.17) is 8.85 Å². The third kappa shape index (κ3) is 3.56. The number of benzene rings is 1. The van der Waals surface area contributed by atoms with Crippen molar-refractivity contribution in [3.8, 4) is 0 Å². The highest BCUT2D eigenvalue weighted by molar-refractivity contribution is 6.87. The lowest BCUT2D eigenvalue weighted by Gasteiger charge is -2.25. The van der Waals surface area contributed by atoms with Gasteiger partial charge in [0.25, 0.3) is 11.9 Å². The van der Waals surface area contributed by atoms with Gasteiger partial charge in [-0.3, -0.25) is 9.59 Å². The Hall–Kier alpha value is -1.88. The van der Waals surface area contributed by atoms with Crippen LogP contribution in [0, 0.1) is 0 Å². The van der Waals surface area contributed by atoms with Gasteiger partial charge in [0.2, 0.25) is 0 Å². The molecule has 0 aliphatic carbocycles. The van der Waals surface area contributed by atoms with Gasteiger partial charge in [-0.2, -0.15) is 0 Å². The first kappa shape index (κ1) is 14.2. The zero-order chi connectivity index (χ0) is 13.6. The van der Waals surface area contributed by atoms with E-state index < -0.39 is 20.5 Å². The Labute approximate surface area is 107 Å². The van der Waals surface area contributed by atoms with Crippen LogP contribution in [-0.4, -0.2) is 20.5 Å². The van der Waals surface area contributed by atoms with Crippen molar-refractivity contribution < 1.29 is 18.4 Å². The molecule has 0 atom stereocenters. The van der Waals surface area contributed by atoms with E-state index in [9.17, 15) is 9.59 Å². The summed E-state index contributed by atoms with van der Waals surface area (Å²) in [6.45, 7) is 4.40. The lowest BCUT2D eigenvalue weighted by atomic mass is 10.4. The lowest BCUT2D eigenvalue weighted by molar-refractivity contribution is -0.138. The molecule has 0 heterocycles.